The van der Waals surface area contributed by atoms with Gasteiger partial charge >= 0.3 is 18.0 Å². The zero-order valence-corrected chi connectivity index (χ0v) is 29.3. The number of aliphatic carboxylic acids is 1. The van der Waals surface area contributed by atoms with E-state index in [0.29, 0.717) is 37.8 Å². The molecule has 2 fully saturated rings. The topological polar surface area (TPSA) is 237 Å². The molecule has 6 heterocycles. The van der Waals surface area contributed by atoms with Crippen LogP contribution in [-0.4, -0.2) is 62.1 Å². The van der Waals surface area contributed by atoms with Crippen molar-refractivity contribution >= 4 is 35.6 Å². The number of aromatic nitrogens is 4. The molecule has 274 valence electrons. The summed E-state index contributed by atoms with van der Waals surface area (Å²) >= 11 is 0. The summed E-state index contributed by atoms with van der Waals surface area (Å²) in [6, 6.07) is 7.18. The number of carboxylic acid groups (broad SMARTS) is 1. The van der Waals surface area contributed by atoms with Crippen LogP contribution in [0.4, 0.5) is 21.2 Å². The van der Waals surface area contributed by atoms with Gasteiger partial charge in [0.05, 0.1) is 0 Å². The van der Waals surface area contributed by atoms with Gasteiger partial charge in [-0.3, -0.25) is 24.6 Å². The SMILES string of the molecule is NC(=O)N1CCCc2cc(-c3cncc(CNC(=O)C4CC4)c3)cnc21.NCc1cncc(-c2cnc3c(c2)CCCN3C(N)=O)c1.O=C(O)C1[CH+]C1. The van der Waals surface area contributed by atoms with Crippen LogP contribution < -0.4 is 32.3 Å². The van der Waals surface area contributed by atoms with Crippen LogP contribution in [0.25, 0.3) is 22.3 Å². The number of primary amides is 2. The van der Waals surface area contributed by atoms with E-state index in [1.165, 1.54) is 9.80 Å². The fraction of sp³-hybridized carbons (Fsp3) is 0.342. The molecule has 2 aliphatic carbocycles. The number of hydrogen-bond acceptors (Lipinski definition) is 9. The molecular formula is C38H43N10O5+. The van der Waals surface area contributed by atoms with Crippen molar-refractivity contribution in [1.29, 1.82) is 0 Å². The molecule has 53 heavy (non-hydrogen) atoms. The van der Waals surface area contributed by atoms with Crippen molar-refractivity contribution in [1.82, 2.24) is 25.3 Å². The van der Waals surface area contributed by atoms with Gasteiger partial charge in [0, 0.05) is 91.5 Å². The number of fused-ring (bicyclic) bond motifs is 2. The maximum atomic E-state index is 11.8. The third-order valence-electron chi connectivity index (χ3n) is 9.28. The van der Waals surface area contributed by atoms with Gasteiger partial charge < -0.3 is 27.6 Å². The standard InChI is InChI=1S/C19H21N5O2.C15H17N5O.C4H4O2/c20-19(26)24-5-1-2-14-7-16(11-22-17(14)24)15-6-12(8-21-10-15)9-23-18(25)13-3-4-13;16-6-10-4-12(8-18-7-10)13-5-11-2-1-3-20(15(17)21)14(11)19-9-13;5-4(6)3-1-2-3/h6-8,10-11,13H,1-5,9H2,(H2,20,26)(H,23,25);4-5,7-9H,1-3,6,16H2,(H2,17,21);1,3H,2H2/p+1. The lowest BCUT2D eigenvalue weighted by Crippen LogP contribution is -2.40. The first-order chi connectivity index (χ1) is 25.6. The molecule has 0 aromatic carbocycles. The van der Waals surface area contributed by atoms with Gasteiger partial charge in [0.25, 0.3) is 0 Å². The summed E-state index contributed by atoms with van der Waals surface area (Å²) < 4.78 is 0. The molecule has 8 rings (SSSR count). The van der Waals surface area contributed by atoms with E-state index in [1.54, 1.807) is 43.6 Å². The Morgan fingerprint density at radius 3 is 1.68 bits per heavy atom. The number of urea groups is 2. The van der Waals surface area contributed by atoms with E-state index >= 15 is 0 Å². The van der Waals surface area contributed by atoms with Crippen molar-refractivity contribution in [2.45, 2.75) is 58.0 Å². The minimum Gasteiger partial charge on any atom is -0.478 e. The molecule has 0 saturated heterocycles. The average molecular weight is 720 g/mol. The zero-order chi connectivity index (χ0) is 37.5. The van der Waals surface area contributed by atoms with Crippen molar-refractivity contribution in [2.24, 2.45) is 29.0 Å². The Labute approximate surface area is 307 Å². The number of nitrogens with one attached hydrogen (secondary N) is 1. The van der Waals surface area contributed by atoms with Crippen molar-refractivity contribution < 1.29 is 24.3 Å². The van der Waals surface area contributed by atoms with E-state index in [-0.39, 0.29) is 17.7 Å². The number of hydrogen-bond donors (Lipinski definition) is 5. The van der Waals surface area contributed by atoms with Crippen LogP contribution in [0.3, 0.4) is 0 Å². The highest BCUT2D eigenvalue weighted by Gasteiger charge is 2.43. The minimum atomic E-state index is -0.685. The zero-order valence-electron chi connectivity index (χ0n) is 29.3. The normalized spacial score (nSPS) is 16.6. The number of anilines is 2. The highest BCUT2D eigenvalue weighted by molar-refractivity contribution is 5.92. The van der Waals surface area contributed by atoms with Crippen LogP contribution in [-0.2, 0) is 35.5 Å². The van der Waals surface area contributed by atoms with E-state index in [1.807, 2.05) is 18.2 Å². The molecule has 15 heteroatoms. The molecular weight excluding hydrogens is 676 g/mol. The summed E-state index contributed by atoms with van der Waals surface area (Å²) in [6.07, 6.45) is 18.6. The number of amides is 5. The highest BCUT2D eigenvalue weighted by atomic mass is 16.4. The van der Waals surface area contributed by atoms with Gasteiger partial charge in [0.15, 0.2) is 0 Å². The predicted octanol–water partition coefficient (Wildman–Crippen LogP) is 3.73. The van der Waals surface area contributed by atoms with Crippen LogP contribution in [0.1, 0.15) is 54.4 Å². The van der Waals surface area contributed by atoms with Crippen molar-refractivity contribution in [3.8, 4) is 22.3 Å². The number of carbonyl (C=O) groups excluding carboxylic acids is 3. The van der Waals surface area contributed by atoms with Gasteiger partial charge in [-0.1, -0.05) is 0 Å². The largest absolute Gasteiger partial charge is 0.478 e. The highest BCUT2D eigenvalue weighted by Crippen LogP contribution is 2.32. The van der Waals surface area contributed by atoms with Crippen molar-refractivity contribution in [3.05, 3.63) is 90.1 Å². The Kier molecular flexibility index (Phi) is 11.4. The first kappa shape index (κ1) is 36.7. The third kappa shape index (κ3) is 9.43. The van der Waals surface area contributed by atoms with Gasteiger partial charge in [-0.15, -0.1) is 0 Å². The molecule has 4 aromatic heterocycles. The van der Waals surface area contributed by atoms with Crippen LogP contribution in [0, 0.1) is 18.3 Å². The minimum absolute atomic E-state index is 0.106. The Bertz CT molecular complexity index is 2000. The Balaban J connectivity index is 0.000000159. The lowest BCUT2D eigenvalue weighted by molar-refractivity contribution is -0.138. The molecule has 2 saturated carbocycles. The van der Waals surface area contributed by atoms with Crippen LogP contribution in [0.5, 0.6) is 0 Å². The summed E-state index contributed by atoms with van der Waals surface area (Å²) in [4.78, 5) is 64.9. The summed E-state index contributed by atoms with van der Waals surface area (Å²) in [5, 5.41) is 11.0. The molecule has 8 N–H and O–H groups in total. The Morgan fingerprint density at radius 1 is 0.755 bits per heavy atom. The van der Waals surface area contributed by atoms with Crippen molar-refractivity contribution in [3.63, 3.8) is 0 Å². The maximum Gasteiger partial charge on any atom is 0.356 e. The molecule has 0 radical (unpaired) electrons. The number of carboxylic acids is 1. The Morgan fingerprint density at radius 2 is 1.25 bits per heavy atom. The monoisotopic (exact) mass is 719 g/mol. The Hall–Kier alpha value is -6.09. The number of aryl methyl sites for hydroxylation is 2. The number of pyridine rings is 4. The molecule has 2 aliphatic heterocycles. The summed E-state index contributed by atoms with van der Waals surface area (Å²) in [5.74, 6) is 0.843. The third-order valence-corrected chi connectivity index (χ3v) is 9.28. The van der Waals surface area contributed by atoms with Gasteiger partial charge in [-0.25, -0.2) is 24.4 Å². The molecule has 4 aliphatic rings. The second-order valence-electron chi connectivity index (χ2n) is 13.4. The van der Waals surface area contributed by atoms with Gasteiger partial charge in [-0.2, -0.15) is 0 Å². The smallest absolute Gasteiger partial charge is 0.356 e. The van der Waals surface area contributed by atoms with E-state index in [2.05, 4.69) is 31.3 Å². The quantitative estimate of drug-likeness (QED) is 0.174. The first-order valence-corrected chi connectivity index (χ1v) is 17.7. The lowest BCUT2D eigenvalue weighted by Gasteiger charge is -2.26. The second-order valence-corrected chi connectivity index (χ2v) is 13.4. The molecule has 0 spiro atoms. The van der Waals surface area contributed by atoms with Gasteiger partial charge in [0.1, 0.15) is 24.5 Å². The number of rotatable bonds is 7. The van der Waals surface area contributed by atoms with Crippen LogP contribution in [0.15, 0.2) is 61.4 Å². The van der Waals surface area contributed by atoms with Crippen LogP contribution in [0.2, 0.25) is 0 Å². The summed E-state index contributed by atoms with van der Waals surface area (Å²) in [5.41, 5.74) is 24.3. The fourth-order valence-corrected chi connectivity index (χ4v) is 6.12. The maximum absolute atomic E-state index is 11.8. The van der Waals surface area contributed by atoms with Crippen LogP contribution >= 0.6 is 0 Å². The number of nitrogens with two attached hydrogens (primary N) is 3. The predicted molar refractivity (Wildman–Crippen MR) is 198 cm³/mol. The van der Waals surface area contributed by atoms with Crippen molar-refractivity contribution in [2.75, 3.05) is 22.9 Å². The van der Waals surface area contributed by atoms with E-state index in [0.717, 1.165) is 89.5 Å². The molecule has 0 bridgehead atoms. The van der Waals surface area contributed by atoms with E-state index in [9.17, 15) is 19.2 Å². The lowest BCUT2D eigenvalue weighted by atomic mass is 10.0. The van der Waals surface area contributed by atoms with E-state index in [4.69, 9.17) is 22.3 Å². The first-order valence-electron chi connectivity index (χ1n) is 17.7. The summed E-state index contributed by atoms with van der Waals surface area (Å²) in [7, 11) is 0. The van der Waals surface area contributed by atoms with Gasteiger partial charge in [0.2, 0.25) is 11.8 Å². The average Bonchev–Trinajstić information content (AvgIpc) is 4.11. The summed E-state index contributed by atoms with van der Waals surface area (Å²) in [6.45, 7) is 2.16. The molecule has 5 amide bonds. The van der Waals surface area contributed by atoms with Gasteiger partial charge in [-0.05, 0) is 85.0 Å². The molecule has 1 unspecified atom stereocenters. The second kappa shape index (κ2) is 16.5. The molecule has 4 aromatic rings. The molecule has 15 nitrogen and oxygen atoms in total. The fourth-order valence-electron chi connectivity index (χ4n) is 6.12. The molecule has 1 atom stereocenters. The number of carbonyl (C=O) groups is 4. The number of nitrogens with zero attached hydrogens (tertiary/aromatic N) is 6. The van der Waals surface area contributed by atoms with E-state index < -0.39 is 18.0 Å².